The van der Waals surface area contributed by atoms with Crippen molar-refractivity contribution in [3.05, 3.63) is 29.8 Å². The fourth-order valence-corrected chi connectivity index (χ4v) is 1.21. The van der Waals surface area contributed by atoms with E-state index in [-0.39, 0.29) is 13.2 Å². The minimum atomic E-state index is -0.651. The highest BCUT2D eigenvalue weighted by Crippen LogP contribution is 2.11. The second-order valence-electron chi connectivity index (χ2n) is 3.05. The molecular weight excluding hydrogens is 210 g/mol. The molecule has 1 aromatic rings. The molecule has 0 atom stereocenters. The van der Waals surface area contributed by atoms with Gasteiger partial charge < -0.3 is 15.8 Å². The summed E-state index contributed by atoms with van der Waals surface area (Å²) in [6.45, 7) is -0.141. The molecule has 2 amide bonds. The van der Waals surface area contributed by atoms with Crippen LogP contribution in [0.1, 0.15) is 5.56 Å². The lowest BCUT2D eigenvalue weighted by atomic mass is 10.1. The largest absolute Gasteiger partial charge is 0.450 e. The van der Waals surface area contributed by atoms with Gasteiger partial charge in [-0.1, -0.05) is 12.1 Å². The first-order chi connectivity index (χ1) is 7.61. The van der Waals surface area contributed by atoms with Gasteiger partial charge in [0.1, 0.15) is 6.73 Å². The lowest BCUT2D eigenvalue weighted by molar-refractivity contribution is -0.142. The molecule has 6 heteroatoms. The van der Waals surface area contributed by atoms with Crippen molar-refractivity contribution >= 4 is 17.7 Å². The van der Waals surface area contributed by atoms with E-state index in [1.807, 2.05) is 0 Å². The summed E-state index contributed by atoms with van der Waals surface area (Å²) in [4.78, 5) is 21.7. The Morgan fingerprint density at radius 3 is 2.75 bits per heavy atom. The van der Waals surface area contributed by atoms with Gasteiger partial charge in [0.05, 0.1) is 6.42 Å². The number of ether oxygens (including phenoxy) is 1. The summed E-state index contributed by atoms with van der Waals surface area (Å²) in [5.41, 5.74) is 11.3. The molecule has 5 N–H and O–H groups in total. The molecule has 0 aliphatic heterocycles. The molecule has 6 nitrogen and oxygen atoms in total. The summed E-state index contributed by atoms with van der Waals surface area (Å²) < 4.78 is 4.59. The summed E-state index contributed by atoms with van der Waals surface area (Å²) in [6.07, 6.45) is 0.103. The number of primary amides is 1. The highest BCUT2D eigenvalue weighted by atomic mass is 16.5. The van der Waals surface area contributed by atoms with Gasteiger partial charge in [-0.2, -0.15) is 0 Å². The monoisotopic (exact) mass is 223 g/mol. The Morgan fingerprint density at radius 1 is 1.38 bits per heavy atom. The number of urea groups is 1. The van der Waals surface area contributed by atoms with Crippen LogP contribution in [0.3, 0.4) is 0 Å². The topological polar surface area (TPSA) is 107 Å². The first kappa shape index (κ1) is 12.0. The van der Waals surface area contributed by atoms with Crippen LogP contribution < -0.4 is 16.8 Å². The highest BCUT2D eigenvalue weighted by Gasteiger charge is 2.05. The Kier molecular flexibility index (Phi) is 4.28. The van der Waals surface area contributed by atoms with Gasteiger partial charge in [0.2, 0.25) is 0 Å². The van der Waals surface area contributed by atoms with E-state index in [0.717, 1.165) is 0 Å². The molecule has 0 fully saturated rings. The number of carbonyl (C=O) groups is 2. The Balaban J connectivity index is 2.67. The fraction of sp³-hybridized carbons (Fsp3) is 0.200. The number of anilines is 1. The van der Waals surface area contributed by atoms with Crippen LogP contribution in [0.5, 0.6) is 0 Å². The third-order valence-electron chi connectivity index (χ3n) is 1.79. The Hall–Kier alpha value is -2.08. The van der Waals surface area contributed by atoms with Crippen LogP contribution in [0.25, 0.3) is 0 Å². The molecule has 0 aliphatic rings. The van der Waals surface area contributed by atoms with Crippen LogP contribution in [-0.2, 0) is 16.0 Å². The van der Waals surface area contributed by atoms with E-state index in [0.29, 0.717) is 11.3 Å². The van der Waals surface area contributed by atoms with Crippen LogP contribution in [0.15, 0.2) is 24.3 Å². The number of amides is 2. The molecule has 0 saturated heterocycles. The predicted octanol–water partition coefficient (Wildman–Crippen LogP) is 0.179. The quantitative estimate of drug-likeness (QED) is 0.499. The minimum Gasteiger partial charge on any atom is -0.450 e. The Morgan fingerprint density at radius 2 is 2.12 bits per heavy atom. The number of benzene rings is 1. The summed E-state index contributed by atoms with van der Waals surface area (Å²) in [5, 5.41) is 2.41. The molecule has 1 aromatic carbocycles. The van der Waals surface area contributed by atoms with Gasteiger partial charge >= 0.3 is 12.0 Å². The molecule has 16 heavy (non-hydrogen) atoms. The average molecular weight is 223 g/mol. The summed E-state index contributed by atoms with van der Waals surface area (Å²) >= 11 is 0. The minimum absolute atomic E-state index is 0.103. The van der Waals surface area contributed by atoms with Crippen LogP contribution >= 0.6 is 0 Å². The maximum absolute atomic E-state index is 11.1. The first-order valence-electron chi connectivity index (χ1n) is 4.63. The highest BCUT2D eigenvalue weighted by molar-refractivity contribution is 5.88. The van der Waals surface area contributed by atoms with Gasteiger partial charge in [-0.05, 0) is 17.7 Å². The predicted molar refractivity (Wildman–Crippen MR) is 58.5 cm³/mol. The number of hydrogen-bond acceptors (Lipinski definition) is 4. The van der Waals surface area contributed by atoms with E-state index in [2.05, 4.69) is 10.1 Å². The van der Waals surface area contributed by atoms with Crippen molar-refractivity contribution in [2.24, 2.45) is 11.5 Å². The molecule has 1 rings (SSSR count). The van der Waals surface area contributed by atoms with Crippen molar-refractivity contribution in [3.8, 4) is 0 Å². The number of carbonyl (C=O) groups excluding carboxylic acids is 2. The van der Waals surface area contributed by atoms with Crippen LogP contribution in [0, 0.1) is 0 Å². The number of hydrogen-bond donors (Lipinski definition) is 3. The van der Waals surface area contributed by atoms with Gasteiger partial charge in [-0.15, -0.1) is 0 Å². The summed E-state index contributed by atoms with van der Waals surface area (Å²) in [5.74, 6) is -0.418. The lowest BCUT2D eigenvalue weighted by Gasteiger charge is -2.05. The molecule has 0 bridgehead atoms. The Labute approximate surface area is 92.6 Å². The molecule has 0 unspecified atom stereocenters. The molecule has 0 radical (unpaired) electrons. The van der Waals surface area contributed by atoms with E-state index in [9.17, 15) is 9.59 Å². The van der Waals surface area contributed by atoms with E-state index < -0.39 is 12.0 Å². The zero-order valence-electron chi connectivity index (χ0n) is 8.60. The maximum Gasteiger partial charge on any atom is 0.316 e. The number of rotatable bonds is 4. The van der Waals surface area contributed by atoms with Crippen molar-refractivity contribution in [2.45, 2.75) is 6.42 Å². The smallest absolute Gasteiger partial charge is 0.316 e. The van der Waals surface area contributed by atoms with E-state index in [1.54, 1.807) is 24.3 Å². The zero-order chi connectivity index (χ0) is 12.0. The van der Waals surface area contributed by atoms with Gasteiger partial charge in [-0.25, -0.2) is 4.79 Å². The van der Waals surface area contributed by atoms with Gasteiger partial charge in [0.25, 0.3) is 0 Å². The molecule has 0 aromatic heterocycles. The van der Waals surface area contributed by atoms with Crippen molar-refractivity contribution in [1.82, 2.24) is 0 Å². The average Bonchev–Trinajstić information content (AvgIpc) is 2.17. The third kappa shape index (κ3) is 3.97. The third-order valence-corrected chi connectivity index (χ3v) is 1.79. The zero-order valence-corrected chi connectivity index (χ0v) is 8.60. The van der Waals surface area contributed by atoms with E-state index >= 15 is 0 Å². The number of nitrogens with one attached hydrogen (secondary N) is 1. The normalized spacial score (nSPS) is 9.56. The van der Waals surface area contributed by atoms with Crippen LogP contribution in [-0.4, -0.2) is 18.7 Å². The van der Waals surface area contributed by atoms with E-state index in [4.69, 9.17) is 11.5 Å². The molecule has 0 saturated carbocycles. The molecule has 0 spiro atoms. The lowest BCUT2D eigenvalue weighted by Crippen LogP contribution is -2.19. The first-order valence-corrected chi connectivity index (χ1v) is 4.63. The van der Waals surface area contributed by atoms with E-state index in [1.165, 1.54) is 0 Å². The van der Waals surface area contributed by atoms with Crippen molar-refractivity contribution < 1.29 is 14.3 Å². The second-order valence-corrected chi connectivity index (χ2v) is 3.05. The van der Waals surface area contributed by atoms with Crippen LogP contribution in [0.4, 0.5) is 10.5 Å². The van der Waals surface area contributed by atoms with Gasteiger partial charge in [0, 0.05) is 5.69 Å². The summed E-state index contributed by atoms with van der Waals surface area (Å²) in [7, 11) is 0. The van der Waals surface area contributed by atoms with Gasteiger partial charge in [0.15, 0.2) is 0 Å². The fourth-order valence-electron chi connectivity index (χ4n) is 1.21. The number of nitrogens with two attached hydrogens (primary N) is 2. The van der Waals surface area contributed by atoms with Crippen molar-refractivity contribution in [1.29, 1.82) is 0 Å². The standard InChI is InChI=1S/C10H13N3O3/c11-6-16-9(14)5-7-2-1-3-8(4-7)13-10(12)15/h1-4H,5-6,11H2,(H3,12,13,15). The SMILES string of the molecule is NCOC(=O)Cc1cccc(NC(N)=O)c1. The molecule has 0 heterocycles. The van der Waals surface area contributed by atoms with Crippen molar-refractivity contribution in [2.75, 3.05) is 12.0 Å². The molecular formula is C10H13N3O3. The second kappa shape index (κ2) is 5.72. The Bertz CT molecular complexity index is 393. The van der Waals surface area contributed by atoms with Gasteiger partial charge in [-0.3, -0.25) is 10.5 Å². The molecule has 86 valence electrons. The molecule has 0 aliphatic carbocycles. The maximum atomic E-state index is 11.1. The van der Waals surface area contributed by atoms with Crippen LogP contribution in [0.2, 0.25) is 0 Å². The summed E-state index contributed by atoms with van der Waals surface area (Å²) in [6, 6.07) is 6.10. The number of esters is 1. The van der Waals surface area contributed by atoms with Crippen molar-refractivity contribution in [3.63, 3.8) is 0 Å².